The van der Waals surface area contributed by atoms with Crippen LogP contribution in [0.15, 0.2) is 12.0 Å². The molecule has 0 saturated carbocycles. The van der Waals surface area contributed by atoms with Crippen LogP contribution in [-0.2, 0) is 14.3 Å². The van der Waals surface area contributed by atoms with E-state index in [0.717, 1.165) is 0 Å². The highest BCUT2D eigenvalue weighted by Gasteiger charge is 2.12. The Balaban J connectivity index is 2.44. The SMILES string of the molecule is CCNC(=O)C1=COCCO1. The zero-order valence-electron chi connectivity index (χ0n) is 6.42. The Labute approximate surface area is 65.2 Å². The van der Waals surface area contributed by atoms with E-state index in [1.54, 1.807) is 0 Å². The van der Waals surface area contributed by atoms with Crippen LogP contribution in [0.2, 0.25) is 0 Å². The van der Waals surface area contributed by atoms with Crippen molar-refractivity contribution in [2.75, 3.05) is 19.8 Å². The smallest absolute Gasteiger partial charge is 0.289 e. The molecule has 1 heterocycles. The van der Waals surface area contributed by atoms with Gasteiger partial charge >= 0.3 is 0 Å². The average Bonchev–Trinajstić information content (AvgIpc) is 2.07. The van der Waals surface area contributed by atoms with Crippen LogP contribution in [-0.4, -0.2) is 25.7 Å². The standard InChI is InChI=1S/C7H11NO3/c1-2-8-7(9)6-5-10-3-4-11-6/h5H,2-4H2,1H3,(H,8,9). The summed E-state index contributed by atoms with van der Waals surface area (Å²) in [4.78, 5) is 11.0. The third-order valence-corrected chi connectivity index (χ3v) is 1.21. The normalized spacial score (nSPS) is 15.9. The lowest BCUT2D eigenvalue weighted by Gasteiger charge is -2.14. The Morgan fingerprint density at radius 1 is 1.73 bits per heavy atom. The van der Waals surface area contributed by atoms with E-state index >= 15 is 0 Å². The van der Waals surface area contributed by atoms with E-state index in [2.05, 4.69) is 5.32 Å². The van der Waals surface area contributed by atoms with Crippen molar-refractivity contribution < 1.29 is 14.3 Å². The Bertz CT molecular complexity index is 177. The summed E-state index contributed by atoms with van der Waals surface area (Å²) in [5.74, 6) is 0.0466. The van der Waals surface area contributed by atoms with Crippen molar-refractivity contribution in [1.29, 1.82) is 0 Å². The van der Waals surface area contributed by atoms with Gasteiger partial charge in [0.05, 0.1) is 0 Å². The van der Waals surface area contributed by atoms with Crippen molar-refractivity contribution in [2.45, 2.75) is 6.92 Å². The van der Waals surface area contributed by atoms with Gasteiger partial charge in [0.15, 0.2) is 0 Å². The van der Waals surface area contributed by atoms with Crippen molar-refractivity contribution in [3.8, 4) is 0 Å². The summed E-state index contributed by atoms with van der Waals surface area (Å²) >= 11 is 0. The van der Waals surface area contributed by atoms with Gasteiger partial charge in [-0.2, -0.15) is 0 Å². The summed E-state index contributed by atoms with van der Waals surface area (Å²) in [6.07, 6.45) is 1.34. The highest BCUT2D eigenvalue weighted by atomic mass is 16.6. The molecule has 0 aromatic rings. The topological polar surface area (TPSA) is 47.6 Å². The second-order valence-electron chi connectivity index (χ2n) is 2.06. The number of likely N-dealkylation sites (N-methyl/N-ethyl adjacent to an activating group) is 1. The Hall–Kier alpha value is -1.19. The van der Waals surface area contributed by atoms with Crippen LogP contribution in [0.5, 0.6) is 0 Å². The largest absolute Gasteiger partial charge is 0.494 e. The molecule has 4 heteroatoms. The molecule has 1 aliphatic rings. The van der Waals surface area contributed by atoms with E-state index in [4.69, 9.17) is 9.47 Å². The second-order valence-corrected chi connectivity index (χ2v) is 2.06. The minimum absolute atomic E-state index is 0.216. The van der Waals surface area contributed by atoms with Crippen LogP contribution in [0.4, 0.5) is 0 Å². The molecular formula is C7H11NO3. The van der Waals surface area contributed by atoms with Gasteiger partial charge in [0, 0.05) is 6.54 Å². The van der Waals surface area contributed by atoms with Gasteiger partial charge in [-0.05, 0) is 6.92 Å². The first-order chi connectivity index (χ1) is 5.34. The fourth-order valence-electron chi connectivity index (χ4n) is 0.735. The summed E-state index contributed by atoms with van der Waals surface area (Å²) in [5, 5.41) is 2.60. The molecule has 1 N–H and O–H groups in total. The molecule has 4 nitrogen and oxygen atoms in total. The molecule has 0 unspecified atom stereocenters. The quantitative estimate of drug-likeness (QED) is 0.614. The van der Waals surface area contributed by atoms with Crippen LogP contribution in [0.25, 0.3) is 0 Å². The van der Waals surface area contributed by atoms with E-state index < -0.39 is 0 Å². The van der Waals surface area contributed by atoms with E-state index in [1.807, 2.05) is 6.92 Å². The van der Waals surface area contributed by atoms with Gasteiger partial charge in [-0.3, -0.25) is 4.79 Å². The van der Waals surface area contributed by atoms with Crippen LogP contribution >= 0.6 is 0 Å². The first kappa shape index (κ1) is 7.91. The van der Waals surface area contributed by atoms with Crippen LogP contribution in [0.3, 0.4) is 0 Å². The number of hydrogen-bond donors (Lipinski definition) is 1. The van der Waals surface area contributed by atoms with Gasteiger partial charge < -0.3 is 14.8 Å². The molecule has 0 aliphatic carbocycles. The second kappa shape index (κ2) is 3.85. The molecular weight excluding hydrogens is 146 g/mol. The minimum Gasteiger partial charge on any atom is -0.494 e. The lowest BCUT2D eigenvalue weighted by Crippen LogP contribution is -2.27. The van der Waals surface area contributed by atoms with E-state index in [9.17, 15) is 4.79 Å². The summed E-state index contributed by atoms with van der Waals surface area (Å²) in [6.45, 7) is 3.41. The number of hydrogen-bond acceptors (Lipinski definition) is 3. The van der Waals surface area contributed by atoms with E-state index in [1.165, 1.54) is 6.26 Å². The van der Waals surface area contributed by atoms with Crippen molar-refractivity contribution in [1.82, 2.24) is 5.32 Å². The Morgan fingerprint density at radius 3 is 3.09 bits per heavy atom. The monoisotopic (exact) mass is 157 g/mol. The lowest BCUT2D eigenvalue weighted by atomic mass is 10.4. The third kappa shape index (κ3) is 2.14. The summed E-state index contributed by atoms with van der Waals surface area (Å²) in [7, 11) is 0. The first-order valence-electron chi connectivity index (χ1n) is 3.57. The van der Waals surface area contributed by atoms with Crippen molar-refractivity contribution in [2.24, 2.45) is 0 Å². The summed E-state index contributed by atoms with van der Waals surface area (Å²) < 4.78 is 9.92. The molecule has 0 saturated heterocycles. The zero-order chi connectivity index (χ0) is 8.10. The molecule has 11 heavy (non-hydrogen) atoms. The number of carbonyl (C=O) groups excluding carboxylic acids is 1. The molecule has 0 spiro atoms. The van der Waals surface area contributed by atoms with Crippen molar-refractivity contribution >= 4 is 5.91 Å². The predicted octanol–water partition coefficient (Wildman–Crippen LogP) is 0.0107. The maximum atomic E-state index is 11.0. The van der Waals surface area contributed by atoms with Gasteiger partial charge in [0.2, 0.25) is 5.76 Å². The fourth-order valence-corrected chi connectivity index (χ4v) is 0.735. The molecule has 0 atom stereocenters. The summed E-state index contributed by atoms with van der Waals surface area (Å²) in [6, 6.07) is 0. The molecule has 1 aliphatic heterocycles. The average molecular weight is 157 g/mol. The van der Waals surface area contributed by atoms with Crippen molar-refractivity contribution in [3.63, 3.8) is 0 Å². The molecule has 0 aromatic heterocycles. The molecule has 1 amide bonds. The summed E-state index contributed by atoms with van der Waals surface area (Å²) in [5.41, 5.74) is 0. The lowest BCUT2D eigenvalue weighted by molar-refractivity contribution is -0.122. The van der Waals surface area contributed by atoms with E-state index in [0.29, 0.717) is 19.8 Å². The predicted molar refractivity (Wildman–Crippen MR) is 38.7 cm³/mol. The van der Waals surface area contributed by atoms with Gasteiger partial charge in [-0.25, -0.2) is 0 Å². The maximum absolute atomic E-state index is 11.0. The Kier molecular flexibility index (Phi) is 2.77. The fraction of sp³-hybridized carbons (Fsp3) is 0.571. The molecule has 1 rings (SSSR count). The molecule has 0 bridgehead atoms. The zero-order valence-corrected chi connectivity index (χ0v) is 6.42. The number of rotatable bonds is 2. The number of nitrogens with one attached hydrogen (secondary N) is 1. The number of ether oxygens (including phenoxy) is 2. The number of carbonyl (C=O) groups is 1. The molecule has 0 radical (unpaired) electrons. The van der Waals surface area contributed by atoms with Crippen LogP contribution in [0, 0.1) is 0 Å². The highest BCUT2D eigenvalue weighted by molar-refractivity contribution is 5.91. The van der Waals surface area contributed by atoms with Gasteiger partial charge in [0.1, 0.15) is 19.5 Å². The van der Waals surface area contributed by atoms with Crippen LogP contribution < -0.4 is 5.32 Å². The maximum Gasteiger partial charge on any atom is 0.289 e. The minimum atomic E-state index is -0.216. The van der Waals surface area contributed by atoms with Gasteiger partial charge in [0.25, 0.3) is 5.91 Å². The van der Waals surface area contributed by atoms with E-state index in [-0.39, 0.29) is 11.7 Å². The third-order valence-electron chi connectivity index (χ3n) is 1.21. The van der Waals surface area contributed by atoms with Crippen LogP contribution in [0.1, 0.15) is 6.92 Å². The number of amides is 1. The molecule has 62 valence electrons. The first-order valence-corrected chi connectivity index (χ1v) is 3.57. The molecule has 0 fully saturated rings. The molecule has 0 aromatic carbocycles. The van der Waals surface area contributed by atoms with Gasteiger partial charge in [-0.1, -0.05) is 0 Å². The highest BCUT2D eigenvalue weighted by Crippen LogP contribution is 2.02. The van der Waals surface area contributed by atoms with Crippen molar-refractivity contribution in [3.05, 3.63) is 12.0 Å². The Morgan fingerprint density at radius 2 is 2.55 bits per heavy atom. The van der Waals surface area contributed by atoms with Gasteiger partial charge in [-0.15, -0.1) is 0 Å².